The van der Waals surface area contributed by atoms with Crippen molar-refractivity contribution in [2.24, 2.45) is 0 Å². The summed E-state index contributed by atoms with van der Waals surface area (Å²) in [5, 5.41) is 0.685. The molecule has 140 valence electrons. The molecule has 1 aliphatic rings. The molecule has 0 spiro atoms. The van der Waals surface area contributed by atoms with Crippen LogP contribution in [0.1, 0.15) is 16.1 Å². The van der Waals surface area contributed by atoms with Crippen LogP contribution in [-0.4, -0.2) is 63.4 Å². The number of carbonyl (C=O) groups excluding carboxylic acids is 1. The second-order valence-corrected chi connectivity index (χ2v) is 6.91. The molecular weight excluding hydrogens is 366 g/mol. The van der Waals surface area contributed by atoms with Crippen LogP contribution in [0.25, 0.3) is 5.65 Å². The first-order chi connectivity index (χ1) is 13.1. The Kier molecular flexibility index (Phi) is 4.96. The highest BCUT2D eigenvalue weighted by Gasteiger charge is 2.25. The summed E-state index contributed by atoms with van der Waals surface area (Å²) >= 11 is 6.03. The fourth-order valence-electron chi connectivity index (χ4n) is 3.32. The van der Waals surface area contributed by atoms with Crippen LogP contribution < -0.4 is 4.74 Å². The lowest BCUT2D eigenvalue weighted by atomic mass is 10.2. The number of hydrogen-bond donors (Lipinski definition) is 0. The third-order valence-electron chi connectivity index (χ3n) is 4.70. The number of imidazole rings is 1. The molecule has 27 heavy (non-hydrogen) atoms. The number of methoxy groups -OCH3 is 1. The third kappa shape index (κ3) is 3.74. The average molecular weight is 386 g/mol. The average Bonchev–Trinajstić information content (AvgIpc) is 3.09. The standard InChI is InChI=1S/C19H20ClN5O2/c1-27-18-16(3-2-6-21-18)19(26)24-9-7-23(8-10-24)12-15-13-25-11-14(20)4-5-17(25)22-15/h2-6,11,13H,7-10,12H2,1H3. The van der Waals surface area contributed by atoms with Crippen LogP contribution in [0.5, 0.6) is 5.88 Å². The lowest BCUT2D eigenvalue weighted by Gasteiger charge is -2.34. The van der Waals surface area contributed by atoms with Crippen LogP contribution >= 0.6 is 11.6 Å². The Bertz CT molecular complexity index is 966. The number of rotatable bonds is 4. The minimum absolute atomic E-state index is 0.0398. The van der Waals surface area contributed by atoms with Gasteiger partial charge in [-0.3, -0.25) is 9.69 Å². The van der Waals surface area contributed by atoms with E-state index in [1.165, 1.54) is 7.11 Å². The molecule has 0 saturated carbocycles. The zero-order chi connectivity index (χ0) is 18.8. The van der Waals surface area contributed by atoms with Gasteiger partial charge >= 0.3 is 0 Å². The molecule has 0 aromatic carbocycles. The van der Waals surface area contributed by atoms with E-state index in [-0.39, 0.29) is 5.91 Å². The molecule has 0 unspecified atom stereocenters. The van der Waals surface area contributed by atoms with Crippen LogP contribution in [0.15, 0.2) is 42.9 Å². The van der Waals surface area contributed by atoms with Crippen molar-refractivity contribution in [2.45, 2.75) is 6.54 Å². The third-order valence-corrected chi connectivity index (χ3v) is 4.93. The van der Waals surface area contributed by atoms with Crippen molar-refractivity contribution in [1.82, 2.24) is 24.2 Å². The van der Waals surface area contributed by atoms with Gasteiger partial charge in [0.05, 0.1) is 17.8 Å². The summed E-state index contributed by atoms with van der Waals surface area (Å²) in [6.07, 6.45) is 5.47. The summed E-state index contributed by atoms with van der Waals surface area (Å²) in [4.78, 5) is 25.6. The minimum atomic E-state index is -0.0398. The monoisotopic (exact) mass is 385 g/mol. The van der Waals surface area contributed by atoms with Crippen molar-refractivity contribution in [3.05, 3.63) is 59.1 Å². The lowest BCUT2D eigenvalue weighted by molar-refractivity contribution is 0.0623. The van der Waals surface area contributed by atoms with Gasteiger partial charge in [0.1, 0.15) is 11.2 Å². The van der Waals surface area contributed by atoms with Crippen molar-refractivity contribution in [1.29, 1.82) is 0 Å². The Balaban J connectivity index is 1.39. The molecule has 1 fully saturated rings. The maximum atomic E-state index is 12.8. The number of hydrogen-bond acceptors (Lipinski definition) is 5. The number of fused-ring (bicyclic) bond motifs is 1. The number of ether oxygens (including phenoxy) is 1. The van der Waals surface area contributed by atoms with E-state index in [4.69, 9.17) is 16.3 Å². The van der Waals surface area contributed by atoms with E-state index in [9.17, 15) is 4.79 Å². The lowest BCUT2D eigenvalue weighted by Crippen LogP contribution is -2.48. The van der Waals surface area contributed by atoms with Gasteiger partial charge < -0.3 is 14.0 Å². The summed E-state index contributed by atoms with van der Waals surface area (Å²) < 4.78 is 7.14. The smallest absolute Gasteiger partial charge is 0.259 e. The van der Waals surface area contributed by atoms with Crippen molar-refractivity contribution < 1.29 is 9.53 Å². The second kappa shape index (κ2) is 7.54. The number of piperazine rings is 1. The predicted octanol–water partition coefficient (Wildman–Crippen LogP) is 2.35. The summed E-state index contributed by atoms with van der Waals surface area (Å²) in [5.74, 6) is 0.329. The van der Waals surface area contributed by atoms with E-state index in [1.807, 2.05) is 33.8 Å². The maximum absolute atomic E-state index is 12.8. The molecule has 0 atom stereocenters. The zero-order valence-electron chi connectivity index (χ0n) is 15.0. The largest absolute Gasteiger partial charge is 0.480 e. The van der Waals surface area contributed by atoms with Gasteiger partial charge in [0, 0.05) is 51.3 Å². The molecule has 0 radical (unpaired) electrons. The van der Waals surface area contributed by atoms with E-state index in [0.717, 1.165) is 31.0 Å². The van der Waals surface area contributed by atoms with Crippen LogP contribution in [0.3, 0.4) is 0 Å². The van der Waals surface area contributed by atoms with Crippen molar-refractivity contribution in [2.75, 3.05) is 33.3 Å². The molecule has 0 N–H and O–H groups in total. The number of amides is 1. The number of pyridine rings is 2. The van der Waals surface area contributed by atoms with Crippen molar-refractivity contribution >= 4 is 23.2 Å². The fraction of sp³-hybridized carbons (Fsp3) is 0.316. The SMILES string of the molecule is COc1ncccc1C(=O)N1CCN(Cc2cn3cc(Cl)ccc3n2)CC1. The highest BCUT2D eigenvalue weighted by Crippen LogP contribution is 2.18. The van der Waals surface area contributed by atoms with Crippen LogP contribution in [0, 0.1) is 0 Å². The van der Waals surface area contributed by atoms with Gasteiger partial charge in [-0.05, 0) is 24.3 Å². The Hall–Kier alpha value is -2.64. The number of halogens is 1. The molecule has 1 amide bonds. The van der Waals surface area contributed by atoms with E-state index in [2.05, 4.69) is 14.9 Å². The van der Waals surface area contributed by atoms with Gasteiger partial charge in [-0.2, -0.15) is 0 Å². The highest BCUT2D eigenvalue weighted by molar-refractivity contribution is 6.30. The Morgan fingerprint density at radius 2 is 2.00 bits per heavy atom. The van der Waals surface area contributed by atoms with Crippen LogP contribution in [0.2, 0.25) is 5.02 Å². The molecule has 0 bridgehead atoms. The van der Waals surface area contributed by atoms with Gasteiger partial charge in [-0.1, -0.05) is 11.6 Å². The molecule has 3 aromatic heterocycles. The van der Waals surface area contributed by atoms with Gasteiger partial charge in [-0.25, -0.2) is 9.97 Å². The van der Waals surface area contributed by atoms with Gasteiger partial charge in [-0.15, -0.1) is 0 Å². The molecule has 7 nitrogen and oxygen atoms in total. The summed E-state index contributed by atoms with van der Waals surface area (Å²) in [6, 6.07) is 7.25. The summed E-state index contributed by atoms with van der Waals surface area (Å²) in [6.45, 7) is 3.66. The molecular formula is C19H20ClN5O2. The quantitative estimate of drug-likeness (QED) is 0.689. The Labute approximate surface area is 162 Å². The van der Waals surface area contributed by atoms with E-state index in [0.29, 0.717) is 29.6 Å². The van der Waals surface area contributed by atoms with Crippen LogP contribution in [0.4, 0.5) is 0 Å². The molecule has 1 aliphatic heterocycles. The topological polar surface area (TPSA) is 63.0 Å². The first-order valence-corrected chi connectivity index (χ1v) is 9.15. The highest BCUT2D eigenvalue weighted by atomic mass is 35.5. The minimum Gasteiger partial charge on any atom is -0.480 e. The Morgan fingerprint density at radius 3 is 2.78 bits per heavy atom. The second-order valence-electron chi connectivity index (χ2n) is 6.47. The summed E-state index contributed by atoms with van der Waals surface area (Å²) in [5.41, 5.74) is 2.38. The predicted molar refractivity (Wildman–Crippen MR) is 102 cm³/mol. The first-order valence-electron chi connectivity index (χ1n) is 8.78. The molecule has 3 aromatic rings. The molecule has 4 heterocycles. The zero-order valence-corrected chi connectivity index (χ0v) is 15.8. The van der Waals surface area contributed by atoms with Crippen molar-refractivity contribution in [3.63, 3.8) is 0 Å². The maximum Gasteiger partial charge on any atom is 0.259 e. The first kappa shape index (κ1) is 17.8. The van der Waals surface area contributed by atoms with Gasteiger partial charge in [0.15, 0.2) is 0 Å². The number of nitrogens with zero attached hydrogens (tertiary/aromatic N) is 5. The molecule has 0 aliphatic carbocycles. The van der Waals surface area contributed by atoms with E-state index in [1.54, 1.807) is 18.3 Å². The fourth-order valence-corrected chi connectivity index (χ4v) is 3.49. The molecule has 8 heteroatoms. The number of carbonyl (C=O) groups is 1. The van der Waals surface area contributed by atoms with E-state index < -0.39 is 0 Å². The normalized spacial score (nSPS) is 15.3. The van der Waals surface area contributed by atoms with E-state index >= 15 is 0 Å². The van der Waals surface area contributed by atoms with Crippen LogP contribution in [-0.2, 0) is 6.54 Å². The molecule has 4 rings (SSSR count). The molecule has 1 saturated heterocycles. The Morgan fingerprint density at radius 1 is 1.19 bits per heavy atom. The van der Waals surface area contributed by atoms with Gasteiger partial charge in [0.25, 0.3) is 5.91 Å². The summed E-state index contributed by atoms with van der Waals surface area (Å²) in [7, 11) is 1.53. The van der Waals surface area contributed by atoms with Gasteiger partial charge in [0.2, 0.25) is 5.88 Å². The number of aromatic nitrogens is 3. The van der Waals surface area contributed by atoms with Crippen molar-refractivity contribution in [3.8, 4) is 5.88 Å².